The van der Waals surface area contributed by atoms with E-state index in [4.69, 9.17) is 29.4 Å². The zero-order valence-electron chi connectivity index (χ0n) is 31.9. The lowest BCUT2D eigenvalue weighted by Crippen LogP contribution is -2.64. The smallest absolute Gasteiger partial charge is 0.328 e. The van der Waals surface area contributed by atoms with Crippen molar-refractivity contribution in [2.24, 2.45) is 5.73 Å². The van der Waals surface area contributed by atoms with Gasteiger partial charge in [-0.25, -0.2) is 4.79 Å². The van der Waals surface area contributed by atoms with E-state index in [1.54, 1.807) is 0 Å². The van der Waals surface area contributed by atoms with Crippen molar-refractivity contribution in [1.29, 1.82) is 0 Å². The number of hydrogen-bond acceptors (Lipinski definition) is 19. The maximum atomic E-state index is 14.1. The Hall–Kier alpha value is -5.30. The molecule has 0 spiro atoms. The lowest BCUT2D eigenvalue weighted by molar-refractivity contribution is -0.337. The molecule has 0 saturated carbocycles. The molecule has 0 radical (unpaired) electrons. The quantitative estimate of drug-likeness (QED) is 0.0875. The van der Waals surface area contributed by atoms with E-state index < -0.39 is 161 Å². The number of aliphatic hydroxyl groups excluding tert-OH is 6. The number of benzene rings is 3. The molecular weight excluding hydrogens is 800 g/mol. The van der Waals surface area contributed by atoms with Crippen molar-refractivity contribution < 1.29 is 93.9 Å². The van der Waals surface area contributed by atoms with Crippen LogP contribution in [0.4, 0.5) is 0 Å². The Balaban J connectivity index is 1.37. The number of methoxy groups -OCH3 is 1. The van der Waals surface area contributed by atoms with E-state index in [9.17, 15) is 70.2 Å². The molecular formula is C39H42N2O19. The van der Waals surface area contributed by atoms with Crippen molar-refractivity contribution >= 4 is 23.4 Å². The van der Waals surface area contributed by atoms with Crippen molar-refractivity contribution in [3.63, 3.8) is 0 Å². The molecule has 2 aliphatic heterocycles. The summed E-state index contributed by atoms with van der Waals surface area (Å²) in [6.07, 6.45) is -16.2. The topological polar surface area (TPSA) is 355 Å². The van der Waals surface area contributed by atoms with Crippen LogP contribution in [0.2, 0.25) is 0 Å². The zero-order valence-corrected chi connectivity index (χ0v) is 31.9. The van der Waals surface area contributed by atoms with E-state index in [1.807, 2.05) is 0 Å². The number of hydrogen-bond donors (Lipinski definition) is 12. The minimum absolute atomic E-state index is 0.00533. The van der Waals surface area contributed by atoms with Crippen LogP contribution in [0.3, 0.4) is 0 Å². The third kappa shape index (κ3) is 6.82. The molecule has 322 valence electrons. The summed E-state index contributed by atoms with van der Waals surface area (Å²) in [6.45, 7) is 1.33. The highest BCUT2D eigenvalue weighted by molar-refractivity contribution is 6.31. The number of phenols is 3. The van der Waals surface area contributed by atoms with Crippen molar-refractivity contribution in [3.05, 3.63) is 68.8 Å². The minimum Gasteiger partial charge on any atom is -0.507 e. The molecule has 4 aliphatic rings. The van der Waals surface area contributed by atoms with Crippen LogP contribution in [0.25, 0.3) is 11.1 Å². The third-order valence-electron chi connectivity index (χ3n) is 11.2. The lowest BCUT2D eigenvalue weighted by atomic mass is 9.74. The van der Waals surface area contributed by atoms with Gasteiger partial charge in [-0.1, -0.05) is 6.07 Å². The number of nitrogens with one attached hydrogen (secondary N) is 1. The van der Waals surface area contributed by atoms with Crippen LogP contribution in [0.15, 0.2) is 24.3 Å². The Labute approximate surface area is 338 Å². The van der Waals surface area contributed by atoms with Gasteiger partial charge in [-0.3, -0.25) is 14.4 Å². The van der Waals surface area contributed by atoms with E-state index in [2.05, 4.69) is 5.32 Å². The molecule has 2 fully saturated rings. The number of carbonyl (C=O) groups excluding carboxylic acids is 3. The van der Waals surface area contributed by atoms with Gasteiger partial charge in [0.25, 0.3) is 5.91 Å². The molecule has 2 heterocycles. The maximum absolute atomic E-state index is 14.1. The third-order valence-corrected chi connectivity index (χ3v) is 11.2. The summed E-state index contributed by atoms with van der Waals surface area (Å²) in [5, 5.41) is 110. The first-order chi connectivity index (χ1) is 28.3. The second-order valence-electron chi connectivity index (χ2n) is 14.9. The summed E-state index contributed by atoms with van der Waals surface area (Å²) >= 11 is 0. The molecule has 2 aliphatic carbocycles. The number of carbonyl (C=O) groups is 4. The summed E-state index contributed by atoms with van der Waals surface area (Å²) < 4.78 is 28.4. The largest absolute Gasteiger partial charge is 0.507 e. The fourth-order valence-electron chi connectivity index (χ4n) is 8.01. The number of amides is 1. The molecule has 60 heavy (non-hydrogen) atoms. The molecule has 13 N–H and O–H groups in total. The molecule has 3 aromatic rings. The van der Waals surface area contributed by atoms with Crippen LogP contribution in [0, 0.1) is 6.92 Å². The first kappa shape index (κ1) is 42.8. The van der Waals surface area contributed by atoms with Gasteiger partial charge in [0.2, 0.25) is 0 Å². The fraction of sp³-hybridized carbons (Fsp3) is 0.436. The van der Waals surface area contributed by atoms with E-state index in [0.29, 0.717) is 0 Å². The average Bonchev–Trinajstić information content (AvgIpc) is 3.20. The molecule has 12 atom stereocenters. The number of aromatic hydroxyl groups is 3. The van der Waals surface area contributed by atoms with Gasteiger partial charge in [0, 0.05) is 28.3 Å². The number of aryl methyl sites for hydroxylation is 1. The summed E-state index contributed by atoms with van der Waals surface area (Å²) in [6, 6.07) is 1.56. The zero-order chi connectivity index (χ0) is 43.8. The molecule has 21 heteroatoms. The molecule has 21 nitrogen and oxygen atoms in total. The standard InChI is InChI=1S/C39H42N2O19/c1-10-4-16-23(30(49)20(10)36(53)41-17(8-42)37(54)55)22-14(7-15-24(31(22)50)27(46)13-5-12(56-3)6-18(43)21(13)26(15)45)28(47)34(16)59-39-33(52)35(25(40)11(2)58-39)60-38-32(51)29(48)19(44)9-57-38/h4-7,11,17,19,25,28-29,32-35,38-39,42-44,47-52H,8-9,40H2,1-3H3,(H,41,53)(H,54,55)/t11-,17+,19-,25-,28-,29-,32-,33+,34-,35-,38-,39-/m0/s1. The summed E-state index contributed by atoms with van der Waals surface area (Å²) in [7, 11) is 1.25. The van der Waals surface area contributed by atoms with Crippen LogP contribution >= 0.6 is 0 Å². The highest BCUT2D eigenvalue weighted by Gasteiger charge is 2.51. The van der Waals surface area contributed by atoms with Gasteiger partial charge >= 0.3 is 5.97 Å². The Kier molecular flexibility index (Phi) is 11.4. The second-order valence-corrected chi connectivity index (χ2v) is 14.9. The Morgan fingerprint density at radius 1 is 0.867 bits per heavy atom. The van der Waals surface area contributed by atoms with Gasteiger partial charge in [-0.15, -0.1) is 0 Å². The molecule has 0 bridgehead atoms. The molecule has 1 amide bonds. The Morgan fingerprint density at radius 2 is 1.52 bits per heavy atom. The van der Waals surface area contributed by atoms with Crippen LogP contribution in [-0.4, -0.2) is 156 Å². The van der Waals surface area contributed by atoms with Crippen molar-refractivity contribution in [2.75, 3.05) is 20.3 Å². The number of aliphatic carboxylic acids is 1. The van der Waals surface area contributed by atoms with E-state index in [1.165, 1.54) is 33.1 Å². The summed E-state index contributed by atoms with van der Waals surface area (Å²) in [4.78, 5) is 53.3. The molecule has 7 rings (SSSR count). The predicted octanol–water partition coefficient (Wildman–Crippen LogP) is -1.90. The maximum Gasteiger partial charge on any atom is 0.328 e. The first-order valence-electron chi connectivity index (χ1n) is 18.5. The number of ether oxygens (including phenoxy) is 5. The van der Waals surface area contributed by atoms with Gasteiger partial charge < -0.3 is 85.8 Å². The number of carboxylic acid groups (broad SMARTS) is 1. The molecule has 3 aromatic carbocycles. The minimum atomic E-state index is -1.94. The highest BCUT2D eigenvalue weighted by Crippen LogP contribution is 2.57. The summed E-state index contributed by atoms with van der Waals surface area (Å²) in [5.41, 5.74) is 2.38. The van der Waals surface area contributed by atoms with E-state index >= 15 is 0 Å². The van der Waals surface area contributed by atoms with Crippen molar-refractivity contribution in [1.82, 2.24) is 5.32 Å². The number of carboxylic acids is 1. The predicted molar refractivity (Wildman–Crippen MR) is 197 cm³/mol. The second kappa shape index (κ2) is 15.9. The van der Waals surface area contributed by atoms with Crippen molar-refractivity contribution in [2.45, 2.75) is 87.3 Å². The summed E-state index contributed by atoms with van der Waals surface area (Å²) in [5.74, 6) is -7.24. The number of ketones is 2. The number of rotatable bonds is 9. The monoisotopic (exact) mass is 842 g/mol. The molecule has 0 unspecified atom stereocenters. The number of nitrogens with two attached hydrogens (primary N) is 1. The lowest BCUT2D eigenvalue weighted by Gasteiger charge is -2.46. The Bertz CT molecular complexity index is 2280. The van der Waals surface area contributed by atoms with Crippen LogP contribution in [-0.2, 0) is 23.7 Å². The fourth-order valence-corrected chi connectivity index (χ4v) is 8.01. The van der Waals surface area contributed by atoms with Crippen LogP contribution in [0.1, 0.15) is 78.0 Å². The number of aliphatic hydroxyl groups is 6. The SMILES string of the molecule is COc1cc(O)c2c(c1)C(=O)c1c(cc3c(c1O)-c1c(cc(C)c(C(=O)N[C@H](CO)C(=O)O)c1O)[C@H](O[C@@H]1O[C@@H](C)[C@H](N)[C@H](O[C@@H]4OC[C@H](O)[C@H](O)[C@@H]4O)[C@H]1O)[C@H]3O)C2=O. The van der Waals surface area contributed by atoms with Crippen LogP contribution in [0.5, 0.6) is 23.0 Å². The number of fused-ring (bicyclic) bond motifs is 5. The van der Waals surface area contributed by atoms with Gasteiger partial charge in [-0.2, -0.15) is 0 Å². The van der Waals surface area contributed by atoms with E-state index in [0.717, 1.165) is 12.1 Å². The van der Waals surface area contributed by atoms with Crippen LogP contribution < -0.4 is 15.8 Å². The van der Waals surface area contributed by atoms with Crippen molar-refractivity contribution in [3.8, 4) is 34.1 Å². The normalized spacial score (nSPS) is 30.1. The highest BCUT2D eigenvalue weighted by atomic mass is 16.7. The van der Waals surface area contributed by atoms with Gasteiger partial charge in [-0.05, 0) is 42.7 Å². The average molecular weight is 843 g/mol. The van der Waals surface area contributed by atoms with Gasteiger partial charge in [0.1, 0.15) is 65.7 Å². The molecule has 0 aromatic heterocycles. The first-order valence-corrected chi connectivity index (χ1v) is 18.5. The Morgan fingerprint density at radius 3 is 2.17 bits per heavy atom. The van der Waals surface area contributed by atoms with Gasteiger partial charge in [0.05, 0.1) is 49.2 Å². The number of phenolic OH excluding ortho intramolecular Hbond substituents is 3. The molecule has 2 saturated heterocycles. The van der Waals surface area contributed by atoms with Gasteiger partial charge in [0.15, 0.2) is 30.2 Å². The van der Waals surface area contributed by atoms with E-state index in [-0.39, 0.29) is 28.0 Å².